The number of hydrogen-bond acceptors (Lipinski definition) is 7. The molecule has 1 saturated heterocycles. The summed E-state index contributed by atoms with van der Waals surface area (Å²) in [7, 11) is 0. The van der Waals surface area contributed by atoms with Crippen LogP contribution in [-0.4, -0.2) is 44.3 Å². The first-order valence-electron chi connectivity index (χ1n) is 7.05. The van der Waals surface area contributed by atoms with E-state index in [2.05, 4.69) is 15.1 Å². The van der Waals surface area contributed by atoms with Crippen molar-refractivity contribution in [3.05, 3.63) is 40.3 Å². The number of nitro groups is 1. The maximum absolute atomic E-state index is 10.6. The van der Waals surface area contributed by atoms with Gasteiger partial charge in [-0.3, -0.25) is 15.0 Å². The number of non-ortho nitro benzene ring substituents is 1. The Kier molecular flexibility index (Phi) is 3.86. The van der Waals surface area contributed by atoms with E-state index in [1.54, 1.807) is 12.1 Å². The highest BCUT2D eigenvalue weighted by Crippen LogP contribution is 2.27. The van der Waals surface area contributed by atoms with Crippen LogP contribution in [0.4, 0.5) is 5.69 Å². The average Bonchev–Trinajstić information content (AvgIpc) is 3.15. The topological polar surface area (TPSA) is 106 Å². The molecule has 8 nitrogen and oxygen atoms in total. The molecule has 1 N–H and O–H groups in total. The summed E-state index contributed by atoms with van der Waals surface area (Å²) in [5.74, 6) is 0.805. The Hall–Kier alpha value is -2.32. The third kappa shape index (κ3) is 2.83. The molecule has 0 saturated carbocycles. The van der Waals surface area contributed by atoms with Gasteiger partial charge in [0.1, 0.15) is 0 Å². The SMILES string of the molecule is CC(c1nnc(-c2ccc([N+](=O)[O-])cc2)o1)N1CC[C@H](O)C1. The van der Waals surface area contributed by atoms with Crippen molar-refractivity contribution in [2.24, 2.45) is 0 Å². The summed E-state index contributed by atoms with van der Waals surface area (Å²) in [6.07, 6.45) is 0.438. The van der Waals surface area contributed by atoms with E-state index in [4.69, 9.17) is 4.42 Å². The van der Waals surface area contributed by atoms with Crippen LogP contribution in [0.25, 0.3) is 11.5 Å². The molecule has 1 aromatic carbocycles. The summed E-state index contributed by atoms with van der Waals surface area (Å²) in [5, 5.41) is 28.3. The Labute approximate surface area is 126 Å². The normalized spacial score (nSPS) is 20.2. The summed E-state index contributed by atoms with van der Waals surface area (Å²) in [4.78, 5) is 12.3. The summed E-state index contributed by atoms with van der Waals surface area (Å²) >= 11 is 0. The molecule has 1 unspecified atom stereocenters. The van der Waals surface area contributed by atoms with E-state index in [9.17, 15) is 15.2 Å². The fourth-order valence-corrected chi connectivity index (χ4v) is 2.52. The van der Waals surface area contributed by atoms with Gasteiger partial charge in [0.25, 0.3) is 5.69 Å². The van der Waals surface area contributed by atoms with Crippen molar-refractivity contribution >= 4 is 5.69 Å². The molecule has 0 bridgehead atoms. The molecule has 2 heterocycles. The molecular weight excluding hydrogens is 288 g/mol. The van der Waals surface area contributed by atoms with Crippen LogP contribution in [0.1, 0.15) is 25.3 Å². The molecule has 0 aliphatic carbocycles. The van der Waals surface area contributed by atoms with Crippen molar-refractivity contribution in [1.82, 2.24) is 15.1 Å². The number of aliphatic hydroxyl groups excluding tert-OH is 1. The van der Waals surface area contributed by atoms with Gasteiger partial charge in [-0.25, -0.2) is 0 Å². The third-order valence-electron chi connectivity index (χ3n) is 3.87. The standard InChI is InChI=1S/C14H16N4O4/c1-9(17-7-6-12(19)8-17)13-15-16-14(22-13)10-2-4-11(5-3-10)18(20)21/h2-5,9,12,19H,6-8H2,1H3/t9?,12-/m0/s1. The first kappa shape index (κ1) is 14.6. The number of hydrogen-bond donors (Lipinski definition) is 1. The quantitative estimate of drug-likeness (QED) is 0.677. The number of aromatic nitrogens is 2. The van der Waals surface area contributed by atoms with Crippen LogP contribution < -0.4 is 0 Å². The van der Waals surface area contributed by atoms with E-state index in [1.165, 1.54) is 12.1 Å². The molecule has 116 valence electrons. The summed E-state index contributed by atoms with van der Waals surface area (Å²) in [6, 6.07) is 5.90. The van der Waals surface area contributed by atoms with Gasteiger partial charge in [-0.1, -0.05) is 0 Å². The first-order chi connectivity index (χ1) is 10.5. The minimum absolute atomic E-state index is 0.0166. The zero-order valence-electron chi connectivity index (χ0n) is 12.0. The summed E-state index contributed by atoms with van der Waals surface area (Å²) in [6.45, 7) is 3.33. The van der Waals surface area contributed by atoms with Crippen LogP contribution in [0, 0.1) is 10.1 Å². The van der Waals surface area contributed by atoms with Gasteiger partial charge in [-0.05, 0) is 25.5 Å². The van der Waals surface area contributed by atoms with Crippen LogP contribution >= 0.6 is 0 Å². The summed E-state index contributed by atoms with van der Waals surface area (Å²) in [5.41, 5.74) is 0.654. The number of nitro benzene ring substituents is 1. The maximum atomic E-state index is 10.6. The number of nitrogens with zero attached hydrogens (tertiary/aromatic N) is 4. The highest BCUT2D eigenvalue weighted by atomic mass is 16.6. The Morgan fingerprint density at radius 3 is 2.73 bits per heavy atom. The van der Waals surface area contributed by atoms with E-state index in [0.29, 0.717) is 23.9 Å². The van der Waals surface area contributed by atoms with Gasteiger partial charge in [0, 0.05) is 30.8 Å². The van der Waals surface area contributed by atoms with Crippen molar-refractivity contribution in [1.29, 1.82) is 0 Å². The molecule has 0 amide bonds. The molecule has 1 aliphatic heterocycles. The van der Waals surface area contributed by atoms with Crippen LogP contribution in [0.5, 0.6) is 0 Å². The van der Waals surface area contributed by atoms with Gasteiger partial charge in [0.2, 0.25) is 11.8 Å². The number of β-amino-alcohol motifs (C(OH)–C–C–N with tert-alkyl or cyclic N) is 1. The van der Waals surface area contributed by atoms with E-state index in [0.717, 1.165) is 13.0 Å². The Bertz CT molecular complexity index is 670. The number of likely N-dealkylation sites (tertiary alicyclic amines) is 1. The van der Waals surface area contributed by atoms with Crippen molar-refractivity contribution < 1.29 is 14.4 Å². The van der Waals surface area contributed by atoms with E-state index in [1.807, 2.05) is 6.92 Å². The second kappa shape index (κ2) is 5.82. The van der Waals surface area contributed by atoms with Gasteiger partial charge in [0.15, 0.2) is 0 Å². The molecule has 1 fully saturated rings. The lowest BCUT2D eigenvalue weighted by molar-refractivity contribution is -0.384. The van der Waals surface area contributed by atoms with Crippen molar-refractivity contribution in [3.8, 4) is 11.5 Å². The lowest BCUT2D eigenvalue weighted by atomic mass is 10.2. The molecule has 0 radical (unpaired) electrons. The predicted molar refractivity (Wildman–Crippen MR) is 77.0 cm³/mol. The molecule has 1 aliphatic rings. The molecule has 22 heavy (non-hydrogen) atoms. The molecule has 1 aromatic heterocycles. The summed E-state index contributed by atoms with van der Waals surface area (Å²) < 4.78 is 5.66. The Morgan fingerprint density at radius 2 is 2.14 bits per heavy atom. The smallest absolute Gasteiger partial charge is 0.269 e. The Morgan fingerprint density at radius 1 is 1.41 bits per heavy atom. The average molecular weight is 304 g/mol. The Balaban J connectivity index is 1.77. The minimum atomic E-state index is -0.455. The highest BCUT2D eigenvalue weighted by Gasteiger charge is 2.28. The lowest BCUT2D eigenvalue weighted by Crippen LogP contribution is -2.25. The van der Waals surface area contributed by atoms with Gasteiger partial charge in [0.05, 0.1) is 17.1 Å². The van der Waals surface area contributed by atoms with Gasteiger partial charge < -0.3 is 9.52 Å². The fraction of sp³-hybridized carbons (Fsp3) is 0.429. The van der Waals surface area contributed by atoms with E-state index >= 15 is 0 Å². The number of benzene rings is 1. The minimum Gasteiger partial charge on any atom is -0.419 e. The largest absolute Gasteiger partial charge is 0.419 e. The van der Waals surface area contributed by atoms with Crippen LogP contribution in [0.2, 0.25) is 0 Å². The molecule has 8 heteroatoms. The maximum Gasteiger partial charge on any atom is 0.269 e. The van der Waals surface area contributed by atoms with Gasteiger partial charge in [-0.2, -0.15) is 0 Å². The molecule has 2 aromatic rings. The first-order valence-corrected chi connectivity index (χ1v) is 7.05. The lowest BCUT2D eigenvalue weighted by Gasteiger charge is -2.20. The van der Waals surface area contributed by atoms with Crippen molar-refractivity contribution in [3.63, 3.8) is 0 Å². The highest BCUT2D eigenvalue weighted by molar-refractivity contribution is 5.55. The fourth-order valence-electron chi connectivity index (χ4n) is 2.52. The number of aliphatic hydroxyl groups is 1. The zero-order chi connectivity index (χ0) is 15.7. The second-order valence-electron chi connectivity index (χ2n) is 5.36. The molecule has 3 rings (SSSR count). The second-order valence-corrected chi connectivity index (χ2v) is 5.36. The zero-order valence-corrected chi connectivity index (χ0v) is 12.0. The molecular formula is C14H16N4O4. The molecule has 2 atom stereocenters. The van der Waals surface area contributed by atoms with E-state index < -0.39 is 4.92 Å². The van der Waals surface area contributed by atoms with Gasteiger partial charge in [-0.15, -0.1) is 10.2 Å². The van der Waals surface area contributed by atoms with E-state index in [-0.39, 0.29) is 17.8 Å². The monoisotopic (exact) mass is 304 g/mol. The number of rotatable bonds is 4. The van der Waals surface area contributed by atoms with Crippen LogP contribution in [0.3, 0.4) is 0 Å². The van der Waals surface area contributed by atoms with Gasteiger partial charge >= 0.3 is 0 Å². The molecule has 0 spiro atoms. The van der Waals surface area contributed by atoms with Crippen LogP contribution in [0.15, 0.2) is 28.7 Å². The van der Waals surface area contributed by atoms with Crippen LogP contribution in [-0.2, 0) is 0 Å². The van der Waals surface area contributed by atoms with Crippen molar-refractivity contribution in [2.75, 3.05) is 13.1 Å². The third-order valence-corrected chi connectivity index (χ3v) is 3.87. The van der Waals surface area contributed by atoms with Crippen molar-refractivity contribution in [2.45, 2.75) is 25.5 Å². The predicted octanol–water partition coefficient (Wildman–Crippen LogP) is 1.77.